The summed E-state index contributed by atoms with van der Waals surface area (Å²) < 4.78 is 6.27. The van der Waals surface area contributed by atoms with Crippen LogP contribution < -0.4 is 10.7 Å². The third-order valence-electron chi connectivity index (χ3n) is 5.17. The lowest BCUT2D eigenvalue weighted by molar-refractivity contribution is 0.0697. The van der Waals surface area contributed by atoms with Gasteiger partial charge in [-0.15, -0.1) is 0 Å². The van der Waals surface area contributed by atoms with Crippen LogP contribution in [0.3, 0.4) is 0 Å². The first kappa shape index (κ1) is 20.2. The quantitative estimate of drug-likeness (QED) is 0.482. The van der Waals surface area contributed by atoms with Crippen LogP contribution in [0.15, 0.2) is 57.9 Å². The van der Waals surface area contributed by atoms with E-state index in [1.165, 1.54) is 12.3 Å². The number of nitrogens with zero attached hydrogens (tertiary/aromatic N) is 1. The third kappa shape index (κ3) is 3.74. The number of nitrogens with one attached hydrogen (secondary N) is 1. The van der Waals surface area contributed by atoms with E-state index >= 15 is 0 Å². The molecule has 6 nitrogen and oxygen atoms in total. The van der Waals surface area contributed by atoms with Gasteiger partial charge in [0.05, 0.1) is 11.4 Å². The van der Waals surface area contributed by atoms with Crippen molar-refractivity contribution in [1.82, 2.24) is 4.98 Å². The number of pyridine rings is 1. The summed E-state index contributed by atoms with van der Waals surface area (Å²) in [6, 6.07) is 17.4. The minimum atomic E-state index is -1.07. The molecule has 0 radical (unpaired) electrons. The average molecular weight is 412 g/mol. The van der Waals surface area contributed by atoms with E-state index in [0.717, 1.165) is 16.7 Å². The first-order valence-corrected chi connectivity index (χ1v) is 9.77. The van der Waals surface area contributed by atoms with Crippen molar-refractivity contribution in [3.05, 3.63) is 93.3 Å². The number of carboxylic acids is 1. The molecule has 1 unspecified atom stereocenters. The number of rotatable bonds is 5. The summed E-state index contributed by atoms with van der Waals surface area (Å²) >= 11 is 0. The molecule has 2 aromatic heterocycles. The lowest BCUT2D eigenvalue weighted by atomic mass is 9.99. The Morgan fingerprint density at radius 1 is 1.23 bits per heavy atom. The molecule has 0 spiro atoms. The fourth-order valence-electron chi connectivity index (χ4n) is 3.63. The number of aryl methyl sites for hydroxylation is 1. The Balaban J connectivity index is 1.89. The Morgan fingerprint density at radius 2 is 2.03 bits per heavy atom. The van der Waals surface area contributed by atoms with Crippen molar-refractivity contribution in [2.75, 3.05) is 5.32 Å². The third-order valence-corrected chi connectivity index (χ3v) is 5.17. The van der Waals surface area contributed by atoms with E-state index in [9.17, 15) is 14.7 Å². The molecule has 0 amide bonds. The van der Waals surface area contributed by atoms with Crippen LogP contribution in [0.1, 0.15) is 40.0 Å². The fraction of sp³-hybridized carbons (Fsp3) is 0.160. The van der Waals surface area contributed by atoms with Gasteiger partial charge in [0.25, 0.3) is 0 Å². The largest absolute Gasteiger partial charge is 0.478 e. The van der Waals surface area contributed by atoms with E-state index in [2.05, 4.69) is 22.4 Å². The van der Waals surface area contributed by atoms with Gasteiger partial charge in [0.2, 0.25) is 0 Å². The van der Waals surface area contributed by atoms with Crippen LogP contribution in [-0.4, -0.2) is 16.1 Å². The van der Waals surface area contributed by atoms with Crippen molar-refractivity contribution in [2.45, 2.75) is 26.8 Å². The number of carbonyl (C=O) groups is 1. The molecule has 1 atom stereocenters. The highest BCUT2D eigenvalue weighted by molar-refractivity contribution is 5.93. The topological polar surface area (TPSA) is 92.4 Å². The van der Waals surface area contributed by atoms with Gasteiger partial charge < -0.3 is 14.8 Å². The molecule has 0 aliphatic heterocycles. The zero-order chi connectivity index (χ0) is 22.1. The molecule has 0 fully saturated rings. The minimum absolute atomic E-state index is 0.0698. The number of aromatic carboxylic acids is 1. The highest BCUT2D eigenvalue weighted by atomic mass is 16.4. The molecule has 0 aliphatic rings. The standard InChI is InChI=1S/C25H20N2O4/c1-14-12-19(16(3)27-24-18(25(29)30)10-7-11-26-24)23-20(13-14)21(28)15(2)22(31-23)17-8-5-4-6-9-17/h5,7-13,16H,1-3H3,(H,26,27)(H,29,30). The van der Waals surface area contributed by atoms with Gasteiger partial charge >= 0.3 is 5.97 Å². The van der Waals surface area contributed by atoms with E-state index in [1.807, 2.05) is 32.0 Å². The van der Waals surface area contributed by atoms with Crippen LogP contribution in [-0.2, 0) is 0 Å². The molecular weight excluding hydrogens is 392 g/mol. The molecule has 4 aromatic rings. The smallest absolute Gasteiger partial charge is 0.339 e. The van der Waals surface area contributed by atoms with Crippen molar-refractivity contribution >= 4 is 22.8 Å². The number of hydrogen-bond acceptors (Lipinski definition) is 5. The zero-order valence-electron chi connectivity index (χ0n) is 17.3. The summed E-state index contributed by atoms with van der Waals surface area (Å²) in [6.07, 6.45) is 1.53. The van der Waals surface area contributed by atoms with Crippen molar-refractivity contribution in [3.8, 4) is 11.3 Å². The van der Waals surface area contributed by atoms with Crippen LogP contribution >= 0.6 is 0 Å². The predicted octanol–water partition coefficient (Wildman–Crippen LogP) is 4.94. The second-order valence-corrected chi connectivity index (χ2v) is 7.41. The van der Waals surface area contributed by atoms with Crippen LogP contribution in [0.2, 0.25) is 0 Å². The SMILES string of the molecule is Cc1cc(C(C)Nc2ncccc2C(=O)O)c2oc(-c3cc#ccc3)c(C)c(=O)c2c1. The Bertz CT molecular complexity index is 1340. The number of carboxylic acid groups (broad SMARTS) is 1. The Hall–Kier alpha value is -4.11. The molecule has 31 heavy (non-hydrogen) atoms. The molecule has 2 N–H and O–H groups in total. The van der Waals surface area contributed by atoms with Gasteiger partial charge in [0.15, 0.2) is 5.43 Å². The van der Waals surface area contributed by atoms with Crippen molar-refractivity contribution in [1.29, 1.82) is 0 Å². The summed E-state index contributed by atoms with van der Waals surface area (Å²) in [4.78, 5) is 28.9. The molecule has 6 heteroatoms. The summed E-state index contributed by atoms with van der Waals surface area (Å²) in [5.74, 6) is -0.345. The van der Waals surface area contributed by atoms with E-state index in [1.54, 1.807) is 25.1 Å². The fourth-order valence-corrected chi connectivity index (χ4v) is 3.63. The molecule has 2 heterocycles. The number of hydrogen-bond donors (Lipinski definition) is 2. The van der Waals surface area contributed by atoms with Crippen LogP contribution in [0.4, 0.5) is 5.82 Å². The lowest BCUT2D eigenvalue weighted by Crippen LogP contribution is -2.14. The molecule has 0 bridgehead atoms. The van der Waals surface area contributed by atoms with Gasteiger partial charge in [0.1, 0.15) is 22.7 Å². The predicted molar refractivity (Wildman–Crippen MR) is 118 cm³/mol. The maximum Gasteiger partial charge on any atom is 0.339 e. The first-order chi connectivity index (χ1) is 14.9. The van der Waals surface area contributed by atoms with Gasteiger partial charge in [-0.25, -0.2) is 9.78 Å². The average Bonchev–Trinajstić information content (AvgIpc) is 2.77. The number of anilines is 1. The van der Waals surface area contributed by atoms with E-state index in [0.29, 0.717) is 22.3 Å². The number of fused-ring (bicyclic) bond motifs is 1. The van der Waals surface area contributed by atoms with Gasteiger partial charge in [-0.2, -0.15) is 0 Å². The van der Waals surface area contributed by atoms with E-state index < -0.39 is 5.97 Å². The van der Waals surface area contributed by atoms with E-state index in [-0.39, 0.29) is 22.9 Å². The molecule has 0 aliphatic carbocycles. The maximum atomic E-state index is 13.2. The lowest BCUT2D eigenvalue weighted by Gasteiger charge is -2.19. The van der Waals surface area contributed by atoms with Crippen molar-refractivity contribution in [3.63, 3.8) is 0 Å². The van der Waals surface area contributed by atoms with Crippen LogP contribution in [0.5, 0.6) is 0 Å². The van der Waals surface area contributed by atoms with Crippen molar-refractivity contribution in [2.24, 2.45) is 0 Å². The first-order valence-electron chi connectivity index (χ1n) is 9.77. The highest BCUT2D eigenvalue weighted by Crippen LogP contribution is 2.32. The summed E-state index contributed by atoms with van der Waals surface area (Å²) in [5.41, 5.74) is 3.31. The maximum absolute atomic E-state index is 13.2. The van der Waals surface area contributed by atoms with Gasteiger partial charge in [-0.3, -0.25) is 4.79 Å². The van der Waals surface area contributed by atoms with Gasteiger partial charge in [-0.05, 0) is 62.7 Å². The Morgan fingerprint density at radius 3 is 2.74 bits per heavy atom. The zero-order valence-corrected chi connectivity index (χ0v) is 17.3. The number of benzene rings is 1. The number of aromatic nitrogens is 1. The minimum Gasteiger partial charge on any atom is -0.478 e. The molecule has 2 aromatic carbocycles. The van der Waals surface area contributed by atoms with Crippen LogP contribution in [0, 0.1) is 26.0 Å². The second kappa shape index (κ2) is 7.96. The summed E-state index contributed by atoms with van der Waals surface area (Å²) in [6.45, 7) is 5.52. The van der Waals surface area contributed by atoms with Gasteiger partial charge in [-0.1, -0.05) is 18.2 Å². The monoisotopic (exact) mass is 412 g/mol. The molecular formula is C25H20N2O4. The Kier molecular flexibility index (Phi) is 5.18. The molecule has 4 rings (SSSR count). The van der Waals surface area contributed by atoms with E-state index in [4.69, 9.17) is 4.42 Å². The molecule has 0 saturated carbocycles. The summed E-state index contributed by atoms with van der Waals surface area (Å²) in [7, 11) is 0. The van der Waals surface area contributed by atoms with Gasteiger partial charge in [0, 0.05) is 22.9 Å². The van der Waals surface area contributed by atoms with Crippen LogP contribution in [0.25, 0.3) is 22.3 Å². The van der Waals surface area contributed by atoms with Crippen molar-refractivity contribution < 1.29 is 14.3 Å². The molecule has 154 valence electrons. The Labute approximate surface area is 179 Å². The molecule has 0 saturated heterocycles. The second-order valence-electron chi connectivity index (χ2n) is 7.41. The summed E-state index contributed by atoms with van der Waals surface area (Å²) in [5, 5.41) is 13.1. The normalized spacial score (nSPS) is 11.7. The highest BCUT2D eigenvalue weighted by Gasteiger charge is 2.20.